The van der Waals surface area contributed by atoms with Crippen molar-refractivity contribution in [2.75, 3.05) is 13.1 Å². The Morgan fingerprint density at radius 2 is 1.74 bits per heavy atom. The van der Waals surface area contributed by atoms with E-state index in [2.05, 4.69) is 0 Å². The number of aliphatic hydroxyl groups is 1. The van der Waals surface area contributed by atoms with Gasteiger partial charge < -0.3 is 5.11 Å². The Balaban J connectivity index is 2.32. The maximum atomic E-state index is 13.5. The number of nitrogens with zero attached hydrogens (tertiary/aromatic N) is 1. The highest BCUT2D eigenvalue weighted by atomic mass is 32.2. The van der Waals surface area contributed by atoms with Crippen molar-refractivity contribution in [2.45, 2.75) is 24.3 Å². The van der Waals surface area contributed by atoms with Crippen molar-refractivity contribution in [1.29, 1.82) is 0 Å². The third-order valence-electron chi connectivity index (χ3n) is 3.49. The van der Waals surface area contributed by atoms with Gasteiger partial charge in [-0.1, -0.05) is 19.9 Å². The minimum absolute atomic E-state index is 0.135. The lowest BCUT2D eigenvalue weighted by Crippen LogP contribution is -2.65. The lowest BCUT2D eigenvalue weighted by molar-refractivity contribution is -0.0933. The Hall–Kier alpha value is -1.05. The van der Waals surface area contributed by atoms with E-state index >= 15 is 0 Å². The molecule has 1 fully saturated rings. The van der Waals surface area contributed by atoms with Gasteiger partial charge in [-0.15, -0.1) is 0 Å². The Morgan fingerprint density at radius 1 is 1.26 bits per heavy atom. The Kier molecular flexibility index (Phi) is 3.40. The van der Waals surface area contributed by atoms with Crippen LogP contribution in [0.15, 0.2) is 23.1 Å². The van der Waals surface area contributed by atoms with Gasteiger partial charge in [0.25, 0.3) is 0 Å². The number of sulfonamides is 1. The Morgan fingerprint density at radius 3 is 2.16 bits per heavy atom. The molecule has 4 nitrogen and oxygen atoms in total. The average molecular weight is 291 g/mol. The predicted octanol–water partition coefficient (Wildman–Crippen LogP) is 1.36. The minimum Gasteiger partial charge on any atom is -0.387 e. The fraction of sp³-hybridized carbons (Fsp3) is 0.500. The first-order valence-electron chi connectivity index (χ1n) is 5.85. The van der Waals surface area contributed by atoms with Crippen LogP contribution in [0.25, 0.3) is 0 Å². The molecule has 0 unspecified atom stereocenters. The van der Waals surface area contributed by atoms with Crippen molar-refractivity contribution in [3.63, 3.8) is 0 Å². The van der Waals surface area contributed by atoms with Crippen molar-refractivity contribution >= 4 is 10.0 Å². The first kappa shape index (κ1) is 14.4. The number of rotatable bonds is 3. The van der Waals surface area contributed by atoms with Gasteiger partial charge in [0, 0.05) is 13.1 Å². The van der Waals surface area contributed by atoms with Crippen LogP contribution in [0.4, 0.5) is 8.78 Å². The second-order valence-electron chi connectivity index (χ2n) is 5.08. The van der Waals surface area contributed by atoms with E-state index in [9.17, 15) is 22.3 Å². The summed E-state index contributed by atoms with van der Waals surface area (Å²) in [5.41, 5.74) is -1.13. The van der Waals surface area contributed by atoms with Crippen LogP contribution in [-0.4, -0.2) is 36.5 Å². The van der Waals surface area contributed by atoms with Crippen LogP contribution >= 0.6 is 0 Å². The molecular formula is C12H15F2NO3S. The van der Waals surface area contributed by atoms with Crippen LogP contribution < -0.4 is 0 Å². The maximum absolute atomic E-state index is 13.5. The summed E-state index contributed by atoms with van der Waals surface area (Å²) < 4.78 is 52.1. The fourth-order valence-corrected chi connectivity index (χ4v) is 3.63. The van der Waals surface area contributed by atoms with Gasteiger partial charge >= 0.3 is 0 Å². The van der Waals surface area contributed by atoms with Gasteiger partial charge in [-0.2, -0.15) is 4.31 Å². The molecule has 7 heteroatoms. The van der Waals surface area contributed by atoms with Crippen LogP contribution in [0.5, 0.6) is 0 Å². The zero-order chi connectivity index (χ0) is 14.4. The van der Waals surface area contributed by atoms with Gasteiger partial charge in [-0.25, -0.2) is 17.2 Å². The summed E-state index contributed by atoms with van der Waals surface area (Å²) >= 11 is 0. The molecule has 1 N–H and O–H groups in total. The van der Waals surface area contributed by atoms with Crippen LogP contribution in [0.2, 0.25) is 0 Å². The molecule has 0 spiro atoms. The molecule has 0 aromatic heterocycles. The van der Waals surface area contributed by atoms with E-state index in [0.29, 0.717) is 0 Å². The lowest BCUT2D eigenvalue weighted by atomic mass is 9.85. The standard InChI is InChI=1S/C12H15F2NO3S/c1-8(2)12(16)6-15(7-12)19(17,18)11-9(13)4-3-5-10(11)14/h3-5,8,16H,6-7H2,1-2H3. The lowest BCUT2D eigenvalue weighted by Gasteiger charge is -2.47. The first-order chi connectivity index (χ1) is 8.68. The van der Waals surface area contributed by atoms with Crippen molar-refractivity contribution in [3.05, 3.63) is 29.8 Å². The van der Waals surface area contributed by atoms with E-state index in [1.165, 1.54) is 0 Å². The van der Waals surface area contributed by atoms with E-state index in [1.807, 2.05) is 0 Å². The summed E-state index contributed by atoms with van der Waals surface area (Å²) in [7, 11) is -4.24. The van der Waals surface area contributed by atoms with Gasteiger partial charge in [-0.05, 0) is 18.1 Å². The summed E-state index contributed by atoms with van der Waals surface area (Å²) in [6.07, 6.45) is 0. The summed E-state index contributed by atoms with van der Waals surface area (Å²) in [5.74, 6) is -2.38. The number of benzene rings is 1. The fourth-order valence-electron chi connectivity index (χ4n) is 1.96. The van der Waals surface area contributed by atoms with Crippen LogP contribution in [0.3, 0.4) is 0 Å². The molecule has 19 heavy (non-hydrogen) atoms. The first-order valence-corrected chi connectivity index (χ1v) is 7.29. The normalized spacial score (nSPS) is 19.5. The zero-order valence-electron chi connectivity index (χ0n) is 10.6. The third-order valence-corrected chi connectivity index (χ3v) is 5.34. The molecule has 0 atom stereocenters. The van der Waals surface area contributed by atoms with Crippen LogP contribution in [-0.2, 0) is 10.0 Å². The highest BCUT2D eigenvalue weighted by Crippen LogP contribution is 2.34. The SMILES string of the molecule is CC(C)C1(O)CN(S(=O)(=O)c2c(F)cccc2F)C1. The second kappa shape index (κ2) is 4.50. The second-order valence-corrected chi connectivity index (χ2v) is 6.96. The van der Waals surface area contributed by atoms with Crippen LogP contribution in [0, 0.1) is 17.6 Å². The molecule has 0 bridgehead atoms. The predicted molar refractivity (Wildman–Crippen MR) is 64.9 cm³/mol. The van der Waals surface area contributed by atoms with Gasteiger partial charge in [-0.3, -0.25) is 0 Å². The highest BCUT2D eigenvalue weighted by Gasteiger charge is 2.50. The summed E-state index contributed by atoms with van der Waals surface area (Å²) in [4.78, 5) is -0.958. The number of halogens is 2. The molecule has 0 amide bonds. The van der Waals surface area contributed by atoms with E-state index in [1.54, 1.807) is 13.8 Å². The van der Waals surface area contributed by atoms with Crippen molar-refractivity contribution in [2.24, 2.45) is 5.92 Å². The number of hydrogen-bond acceptors (Lipinski definition) is 3. The van der Waals surface area contributed by atoms with Crippen molar-refractivity contribution in [3.8, 4) is 0 Å². The molecular weight excluding hydrogens is 276 g/mol. The summed E-state index contributed by atoms with van der Waals surface area (Å²) in [5, 5.41) is 10.0. The summed E-state index contributed by atoms with van der Waals surface area (Å²) in [6, 6.07) is 2.89. The molecule has 1 heterocycles. The Labute approximate surface area is 110 Å². The maximum Gasteiger partial charge on any atom is 0.249 e. The van der Waals surface area contributed by atoms with Crippen molar-refractivity contribution < 1.29 is 22.3 Å². The van der Waals surface area contributed by atoms with Gasteiger partial charge in [0.1, 0.15) is 11.6 Å². The minimum atomic E-state index is -4.24. The molecule has 1 aromatic rings. The third kappa shape index (κ3) is 2.26. The molecule has 1 saturated heterocycles. The number of β-amino-alcohol motifs (C(OH)–C–C–N with tert-alkyl or cyclic N) is 1. The smallest absolute Gasteiger partial charge is 0.249 e. The topological polar surface area (TPSA) is 57.6 Å². The largest absolute Gasteiger partial charge is 0.387 e. The zero-order valence-corrected chi connectivity index (χ0v) is 11.4. The molecule has 1 aromatic carbocycles. The van der Waals surface area contributed by atoms with E-state index in [4.69, 9.17) is 0 Å². The quantitative estimate of drug-likeness (QED) is 0.914. The van der Waals surface area contributed by atoms with Gasteiger partial charge in [0.15, 0.2) is 4.90 Å². The Bertz CT molecular complexity index is 575. The van der Waals surface area contributed by atoms with Crippen LogP contribution in [0.1, 0.15) is 13.8 Å². The molecule has 0 aliphatic carbocycles. The number of hydrogen-bond donors (Lipinski definition) is 1. The average Bonchev–Trinajstić information content (AvgIpc) is 2.23. The molecule has 0 saturated carbocycles. The highest BCUT2D eigenvalue weighted by molar-refractivity contribution is 7.89. The monoisotopic (exact) mass is 291 g/mol. The van der Waals surface area contributed by atoms with E-state index < -0.39 is 32.2 Å². The van der Waals surface area contributed by atoms with Crippen molar-refractivity contribution in [1.82, 2.24) is 4.31 Å². The molecule has 106 valence electrons. The van der Waals surface area contributed by atoms with E-state index in [-0.39, 0.29) is 19.0 Å². The molecule has 1 aliphatic rings. The summed E-state index contributed by atoms with van der Waals surface area (Å²) in [6.45, 7) is 3.21. The molecule has 2 rings (SSSR count). The molecule has 0 radical (unpaired) electrons. The van der Waals surface area contributed by atoms with E-state index in [0.717, 1.165) is 22.5 Å². The van der Waals surface area contributed by atoms with Gasteiger partial charge in [0.2, 0.25) is 10.0 Å². The van der Waals surface area contributed by atoms with Gasteiger partial charge in [0.05, 0.1) is 5.60 Å². The molecule has 1 aliphatic heterocycles.